The smallest absolute Gasteiger partial charge is 0.268 e. The first kappa shape index (κ1) is 21.1. The Morgan fingerprint density at radius 3 is 2.60 bits per heavy atom. The van der Waals surface area contributed by atoms with Gasteiger partial charge in [0.05, 0.1) is 19.5 Å². The van der Waals surface area contributed by atoms with Crippen molar-refractivity contribution < 1.29 is 18.7 Å². The molecule has 6 heteroatoms. The predicted molar refractivity (Wildman–Crippen MR) is 114 cm³/mol. The summed E-state index contributed by atoms with van der Waals surface area (Å²) < 4.78 is 10.9. The van der Waals surface area contributed by atoms with Crippen LogP contribution in [0.1, 0.15) is 27.2 Å². The van der Waals surface area contributed by atoms with E-state index in [0.29, 0.717) is 31.1 Å². The molecule has 0 aliphatic heterocycles. The van der Waals surface area contributed by atoms with Gasteiger partial charge < -0.3 is 19.8 Å². The van der Waals surface area contributed by atoms with Crippen LogP contribution < -0.4 is 10.6 Å². The van der Waals surface area contributed by atoms with E-state index in [0.717, 1.165) is 11.1 Å². The minimum absolute atomic E-state index is 0.0968. The third-order valence-corrected chi connectivity index (χ3v) is 4.25. The summed E-state index contributed by atoms with van der Waals surface area (Å²) in [6.07, 6.45) is 3.00. The van der Waals surface area contributed by atoms with Crippen LogP contribution in [0.2, 0.25) is 0 Å². The van der Waals surface area contributed by atoms with Gasteiger partial charge in [-0.25, -0.2) is 0 Å². The van der Waals surface area contributed by atoms with E-state index in [9.17, 15) is 9.59 Å². The van der Waals surface area contributed by atoms with Crippen LogP contribution in [0.3, 0.4) is 0 Å². The Bertz CT molecular complexity index is 995. The van der Waals surface area contributed by atoms with E-state index in [4.69, 9.17) is 9.15 Å². The molecule has 0 saturated carbocycles. The number of nitrogens with one attached hydrogen (secondary N) is 2. The van der Waals surface area contributed by atoms with Crippen molar-refractivity contribution in [2.75, 3.05) is 13.2 Å². The molecule has 0 unspecified atom stereocenters. The van der Waals surface area contributed by atoms with Crippen molar-refractivity contribution in [2.24, 2.45) is 0 Å². The zero-order valence-corrected chi connectivity index (χ0v) is 16.8. The standard InChI is InChI=1S/C24H24N2O4/c1-18-7-5-10-20(15-18)23(27)26-22(16-21-11-6-13-30-21)24(28)25-12-14-29-17-19-8-3-2-4-9-19/h2-11,13,15-16H,12,14,17H2,1H3,(H,25,28)(H,26,27)/b22-16-. The van der Waals surface area contributed by atoms with Crippen LogP contribution in [0, 0.1) is 6.92 Å². The first-order chi connectivity index (χ1) is 14.6. The number of hydrogen-bond donors (Lipinski definition) is 2. The van der Waals surface area contributed by atoms with Crippen LogP contribution in [-0.4, -0.2) is 25.0 Å². The fourth-order valence-electron chi connectivity index (χ4n) is 2.75. The van der Waals surface area contributed by atoms with E-state index in [1.54, 1.807) is 30.3 Å². The number of ether oxygens (including phenoxy) is 1. The summed E-state index contributed by atoms with van der Waals surface area (Å²) in [5.41, 5.74) is 2.59. The lowest BCUT2D eigenvalue weighted by atomic mass is 10.1. The van der Waals surface area contributed by atoms with E-state index >= 15 is 0 Å². The number of hydrogen-bond acceptors (Lipinski definition) is 4. The van der Waals surface area contributed by atoms with Crippen LogP contribution in [0.5, 0.6) is 0 Å². The number of furan rings is 1. The molecule has 30 heavy (non-hydrogen) atoms. The highest BCUT2D eigenvalue weighted by Gasteiger charge is 2.15. The molecule has 6 nitrogen and oxygen atoms in total. The molecule has 1 aromatic heterocycles. The first-order valence-electron chi connectivity index (χ1n) is 9.65. The van der Waals surface area contributed by atoms with Crippen molar-refractivity contribution in [3.8, 4) is 0 Å². The van der Waals surface area contributed by atoms with Gasteiger partial charge in [-0.1, -0.05) is 48.0 Å². The lowest BCUT2D eigenvalue weighted by Crippen LogP contribution is -2.36. The Morgan fingerprint density at radius 2 is 1.87 bits per heavy atom. The minimum atomic E-state index is -0.421. The number of amides is 2. The van der Waals surface area contributed by atoms with Crippen LogP contribution in [0.25, 0.3) is 6.08 Å². The van der Waals surface area contributed by atoms with Gasteiger partial charge in [-0.15, -0.1) is 0 Å². The molecular formula is C24H24N2O4. The number of carbonyl (C=O) groups is 2. The maximum atomic E-state index is 12.6. The molecular weight excluding hydrogens is 380 g/mol. The normalized spacial score (nSPS) is 11.2. The van der Waals surface area contributed by atoms with E-state index in [1.807, 2.05) is 43.3 Å². The molecule has 2 amide bonds. The Kier molecular flexibility index (Phi) is 7.58. The van der Waals surface area contributed by atoms with Crippen molar-refractivity contribution >= 4 is 17.9 Å². The summed E-state index contributed by atoms with van der Waals surface area (Å²) >= 11 is 0. The summed E-state index contributed by atoms with van der Waals surface area (Å²) in [6, 6.07) is 20.4. The maximum Gasteiger partial charge on any atom is 0.268 e. The van der Waals surface area contributed by atoms with Crippen molar-refractivity contribution in [1.82, 2.24) is 10.6 Å². The van der Waals surface area contributed by atoms with Gasteiger partial charge >= 0.3 is 0 Å². The van der Waals surface area contributed by atoms with Crippen LogP contribution in [-0.2, 0) is 16.1 Å². The van der Waals surface area contributed by atoms with E-state index < -0.39 is 5.91 Å². The predicted octanol–water partition coefficient (Wildman–Crippen LogP) is 3.69. The summed E-state index contributed by atoms with van der Waals surface area (Å²) in [4.78, 5) is 25.2. The molecule has 0 spiro atoms. The lowest BCUT2D eigenvalue weighted by Gasteiger charge is -2.11. The number of benzene rings is 2. The third-order valence-electron chi connectivity index (χ3n) is 4.25. The average molecular weight is 404 g/mol. The quantitative estimate of drug-likeness (QED) is 0.421. The second-order valence-electron chi connectivity index (χ2n) is 6.69. The summed E-state index contributed by atoms with van der Waals surface area (Å²) in [7, 11) is 0. The van der Waals surface area contributed by atoms with Gasteiger partial charge in [-0.3, -0.25) is 9.59 Å². The molecule has 0 saturated heterocycles. The summed E-state index contributed by atoms with van der Waals surface area (Å²) in [5, 5.41) is 5.44. The van der Waals surface area contributed by atoms with E-state index in [2.05, 4.69) is 10.6 Å². The molecule has 3 rings (SSSR count). The second kappa shape index (κ2) is 10.8. The monoisotopic (exact) mass is 404 g/mol. The molecule has 3 aromatic rings. The molecule has 154 valence electrons. The van der Waals surface area contributed by atoms with Gasteiger partial charge in [0.15, 0.2) is 0 Å². The van der Waals surface area contributed by atoms with Crippen molar-refractivity contribution in [2.45, 2.75) is 13.5 Å². The Hall–Kier alpha value is -3.64. The molecule has 2 N–H and O–H groups in total. The maximum absolute atomic E-state index is 12.6. The molecule has 0 fully saturated rings. The van der Waals surface area contributed by atoms with Crippen LogP contribution in [0.4, 0.5) is 0 Å². The fourth-order valence-corrected chi connectivity index (χ4v) is 2.75. The fraction of sp³-hybridized carbons (Fsp3) is 0.167. The summed E-state index contributed by atoms with van der Waals surface area (Å²) in [5.74, 6) is -0.326. The molecule has 0 radical (unpaired) electrons. The molecule has 2 aromatic carbocycles. The Labute approximate surface area is 175 Å². The Morgan fingerprint density at radius 1 is 1.03 bits per heavy atom. The first-order valence-corrected chi connectivity index (χ1v) is 9.65. The average Bonchev–Trinajstić information content (AvgIpc) is 3.27. The van der Waals surface area contributed by atoms with Crippen molar-refractivity contribution in [3.05, 3.63) is 101 Å². The Balaban J connectivity index is 1.58. The number of carbonyl (C=O) groups excluding carboxylic acids is 2. The van der Waals surface area contributed by atoms with Gasteiger partial charge in [0.25, 0.3) is 11.8 Å². The third kappa shape index (κ3) is 6.46. The zero-order chi connectivity index (χ0) is 21.2. The number of rotatable bonds is 9. The molecule has 0 aliphatic carbocycles. The molecule has 1 heterocycles. The molecule has 0 aliphatic rings. The van der Waals surface area contributed by atoms with Gasteiger partial charge in [0.2, 0.25) is 0 Å². The molecule has 0 atom stereocenters. The second-order valence-corrected chi connectivity index (χ2v) is 6.69. The highest BCUT2D eigenvalue weighted by molar-refractivity contribution is 6.05. The lowest BCUT2D eigenvalue weighted by molar-refractivity contribution is -0.118. The summed E-state index contributed by atoms with van der Waals surface area (Å²) in [6.45, 7) is 3.02. The van der Waals surface area contributed by atoms with Gasteiger partial charge in [0, 0.05) is 18.2 Å². The van der Waals surface area contributed by atoms with Gasteiger partial charge in [0.1, 0.15) is 11.5 Å². The highest BCUT2D eigenvalue weighted by atomic mass is 16.5. The zero-order valence-electron chi connectivity index (χ0n) is 16.8. The van der Waals surface area contributed by atoms with Gasteiger partial charge in [-0.2, -0.15) is 0 Å². The van der Waals surface area contributed by atoms with E-state index in [1.165, 1.54) is 12.3 Å². The van der Waals surface area contributed by atoms with Crippen LogP contribution in [0.15, 0.2) is 83.1 Å². The van der Waals surface area contributed by atoms with Crippen LogP contribution >= 0.6 is 0 Å². The van der Waals surface area contributed by atoms with Crippen molar-refractivity contribution in [3.63, 3.8) is 0 Å². The topological polar surface area (TPSA) is 80.6 Å². The highest BCUT2D eigenvalue weighted by Crippen LogP contribution is 2.09. The van der Waals surface area contributed by atoms with Gasteiger partial charge in [-0.05, 0) is 36.8 Å². The largest absolute Gasteiger partial charge is 0.465 e. The number of aryl methyl sites for hydroxylation is 1. The minimum Gasteiger partial charge on any atom is -0.465 e. The SMILES string of the molecule is Cc1cccc(C(=O)N/C(=C\c2ccco2)C(=O)NCCOCc2ccccc2)c1. The van der Waals surface area contributed by atoms with E-state index in [-0.39, 0.29) is 11.6 Å². The van der Waals surface area contributed by atoms with Crippen molar-refractivity contribution in [1.29, 1.82) is 0 Å². The molecule has 0 bridgehead atoms.